The molecule has 1 fully saturated rings. The zero-order chi connectivity index (χ0) is 17.0. The summed E-state index contributed by atoms with van der Waals surface area (Å²) in [5, 5.41) is 6.27. The second-order valence-corrected chi connectivity index (χ2v) is 6.66. The third kappa shape index (κ3) is 4.76. The van der Waals surface area contributed by atoms with E-state index >= 15 is 0 Å². The number of rotatable bonds is 4. The largest absolute Gasteiger partial charge is 0.497 e. The van der Waals surface area contributed by atoms with E-state index in [9.17, 15) is 4.79 Å². The third-order valence-electron chi connectivity index (χ3n) is 3.72. The number of carbonyl (C=O) groups excluding carboxylic acids is 1. The van der Waals surface area contributed by atoms with Crippen molar-refractivity contribution in [1.82, 2.24) is 10.6 Å². The topological polar surface area (TPSA) is 68.8 Å². The van der Waals surface area contributed by atoms with Crippen molar-refractivity contribution in [2.75, 3.05) is 27.3 Å². The standard InChI is InChI=1S/C17H26N2O4/c1-17(2,3)23-16(20)19-15-10-18-9-14(15)11-6-12(21-4)8-13(7-11)22-5/h6-8,14-15,18H,9-10H2,1-5H3,(H,19,20)/t14-,15+/m0/s1. The lowest BCUT2D eigenvalue weighted by molar-refractivity contribution is 0.0504. The molecular weight excluding hydrogens is 296 g/mol. The monoisotopic (exact) mass is 322 g/mol. The zero-order valence-corrected chi connectivity index (χ0v) is 14.4. The van der Waals surface area contributed by atoms with Crippen LogP contribution in [0.4, 0.5) is 4.79 Å². The lowest BCUT2D eigenvalue weighted by Gasteiger charge is -2.24. The lowest BCUT2D eigenvalue weighted by Crippen LogP contribution is -2.42. The van der Waals surface area contributed by atoms with Gasteiger partial charge in [-0.25, -0.2) is 4.79 Å². The molecule has 23 heavy (non-hydrogen) atoms. The van der Waals surface area contributed by atoms with Crippen LogP contribution in [0, 0.1) is 0 Å². The molecule has 2 atom stereocenters. The molecule has 1 aromatic carbocycles. The lowest BCUT2D eigenvalue weighted by atomic mass is 9.94. The Hall–Kier alpha value is -1.95. The number of alkyl carbamates (subject to hydrolysis) is 1. The molecule has 0 saturated carbocycles. The molecule has 6 heteroatoms. The predicted octanol–water partition coefficient (Wildman–Crippen LogP) is 2.28. The van der Waals surface area contributed by atoms with E-state index in [0.29, 0.717) is 6.54 Å². The summed E-state index contributed by atoms with van der Waals surface area (Å²) in [6, 6.07) is 5.75. The Morgan fingerprint density at radius 2 is 1.74 bits per heavy atom. The van der Waals surface area contributed by atoms with E-state index in [2.05, 4.69) is 10.6 Å². The molecule has 1 amide bonds. The number of hydrogen-bond acceptors (Lipinski definition) is 5. The van der Waals surface area contributed by atoms with Gasteiger partial charge in [0, 0.05) is 25.1 Å². The summed E-state index contributed by atoms with van der Waals surface area (Å²) in [5.41, 5.74) is 0.553. The van der Waals surface area contributed by atoms with Gasteiger partial charge in [-0.2, -0.15) is 0 Å². The summed E-state index contributed by atoms with van der Waals surface area (Å²) in [6.45, 7) is 7.03. The predicted molar refractivity (Wildman–Crippen MR) is 88.3 cm³/mol. The Labute approximate surface area is 137 Å². The summed E-state index contributed by atoms with van der Waals surface area (Å²) >= 11 is 0. The average Bonchev–Trinajstić information content (AvgIpc) is 2.92. The highest BCUT2D eigenvalue weighted by Crippen LogP contribution is 2.30. The quantitative estimate of drug-likeness (QED) is 0.890. The van der Waals surface area contributed by atoms with Crippen LogP contribution in [0.1, 0.15) is 32.3 Å². The number of hydrogen-bond donors (Lipinski definition) is 2. The van der Waals surface area contributed by atoms with Gasteiger partial charge in [0.25, 0.3) is 0 Å². The van der Waals surface area contributed by atoms with Crippen molar-refractivity contribution in [2.24, 2.45) is 0 Å². The molecule has 1 aliphatic heterocycles. The summed E-state index contributed by atoms with van der Waals surface area (Å²) in [6.07, 6.45) is -0.397. The van der Waals surface area contributed by atoms with Gasteiger partial charge >= 0.3 is 6.09 Å². The summed E-state index contributed by atoms with van der Waals surface area (Å²) in [4.78, 5) is 12.0. The summed E-state index contributed by atoms with van der Waals surface area (Å²) in [7, 11) is 3.25. The minimum atomic E-state index is -0.509. The minimum absolute atomic E-state index is 0.0401. The maximum atomic E-state index is 12.0. The van der Waals surface area contributed by atoms with E-state index in [4.69, 9.17) is 14.2 Å². The van der Waals surface area contributed by atoms with Gasteiger partial charge in [-0.15, -0.1) is 0 Å². The van der Waals surface area contributed by atoms with Crippen molar-refractivity contribution in [3.63, 3.8) is 0 Å². The van der Waals surface area contributed by atoms with Crippen molar-refractivity contribution in [3.05, 3.63) is 23.8 Å². The van der Waals surface area contributed by atoms with Crippen LogP contribution in [0.25, 0.3) is 0 Å². The molecule has 0 spiro atoms. The minimum Gasteiger partial charge on any atom is -0.497 e. The number of nitrogens with one attached hydrogen (secondary N) is 2. The van der Waals surface area contributed by atoms with E-state index in [0.717, 1.165) is 23.6 Å². The highest BCUT2D eigenvalue weighted by molar-refractivity contribution is 5.68. The van der Waals surface area contributed by atoms with Gasteiger partial charge in [0.05, 0.1) is 20.3 Å². The van der Waals surface area contributed by atoms with Gasteiger partial charge < -0.3 is 24.8 Å². The molecule has 1 aliphatic rings. The molecule has 0 aromatic heterocycles. The number of benzene rings is 1. The molecule has 6 nitrogen and oxygen atoms in total. The van der Waals surface area contributed by atoms with Gasteiger partial charge in [-0.3, -0.25) is 0 Å². The summed E-state index contributed by atoms with van der Waals surface area (Å²) < 4.78 is 16.0. The fraction of sp³-hybridized carbons (Fsp3) is 0.588. The summed E-state index contributed by atoms with van der Waals surface area (Å²) in [5.74, 6) is 1.61. The fourth-order valence-corrected chi connectivity index (χ4v) is 2.68. The number of carbonyl (C=O) groups is 1. The smallest absolute Gasteiger partial charge is 0.407 e. The number of amides is 1. The Kier molecular flexibility index (Phi) is 5.36. The van der Waals surface area contributed by atoms with Crippen LogP contribution in [-0.4, -0.2) is 45.0 Å². The molecule has 1 saturated heterocycles. The van der Waals surface area contributed by atoms with E-state index in [-0.39, 0.29) is 12.0 Å². The van der Waals surface area contributed by atoms with Crippen molar-refractivity contribution in [3.8, 4) is 11.5 Å². The number of methoxy groups -OCH3 is 2. The van der Waals surface area contributed by atoms with Crippen LogP contribution in [0.15, 0.2) is 18.2 Å². The molecule has 2 rings (SSSR count). The average molecular weight is 322 g/mol. The van der Waals surface area contributed by atoms with E-state index in [1.54, 1.807) is 14.2 Å². The molecule has 1 heterocycles. The first kappa shape index (κ1) is 17.4. The molecule has 1 aromatic rings. The van der Waals surface area contributed by atoms with Gasteiger partial charge in [0.1, 0.15) is 17.1 Å². The van der Waals surface area contributed by atoms with E-state index in [1.165, 1.54) is 0 Å². The van der Waals surface area contributed by atoms with Crippen molar-refractivity contribution >= 4 is 6.09 Å². The highest BCUT2D eigenvalue weighted by Gasteiger charge is 2.31. The van der Waals surface area contributed by atoms with E-state index < -0.39 is 11.7 Å². The Balaban J connectivity index is 2.14. The Bertz CT molecular complexity index is 532. The van der Waals surface area contributed by atoms with Gasteiger partial charge in [-0.05, 0) is 38.5 Å². The van der Waals surface area contributed by atoms with Crippen molar-refractivity contribution in [1.29, 1.82) is 0 Å². The van der Waals surface area contributed by atoms with Gasteiger partial charge in [0.15, 0.2) is 0 Å². The van der Waals surface area contributed by atoms with Crippen molar-refractivity contribution in [2.45, 2.75) is 38.3 Å². The first-order valence-corrected chi connectivity index (χ1v) is 7.75. The van der Waals surface area contributed by atoms with Crippen LogP contribution in [-0.2, 0) is 4.74 Å². The van der Waals surface area contributed by atoms with E-state index in [1.807, 2.05) is 39.0 Å². The first-order valence-electron chi connectivity index (χ1n) is 7.75. The fourth-order valence-electron chi connectivity index (χ4n) is 2.68. The molecule has 0 radical (unpaired) electrons. The second-order valence-electron chi connectivity index (χ2n) is 6.66. The van der Waals surface area contributed by atoms with Crippen LogP contribution in [0.3, 0.4) is 0 Å². The molecular formula is C17H26N2O4. The van der Waals surface area contributed by atoms with Crippen LogP contribution in [0.5, 0.6) is 11.5 Å². The van der Waals surface area contributed by atoms with Gasteiger partial charge in [0.2, 0.25) is 0 Å². The number of ether oxygens (including phenoxy) is 3. The maximum absolute atomic E-state index is 12.0. The van der Waals surface area contributed by atoms with Gasteiger partial charge in [-0.1, -0.05) is 0 Å². The van der Waals surface area contributed by atoms with Crippen LogP contribution >= 0.6 is 0 Å². The molecule has 0 aliphatic carbocycles. The SMILES string of the molecule is COc1cc(OC)cc([C@@H]2CNC[C@H]2NC(=O)OC(C)(C)C)c1. The molecule has 0 unspecified atom stereocenters. The Morgan fingerprint density at radius 3 is 2.26 bits per heavy atom. The van der Waals surface area contributed by atoms with Crippen molar-refractivity contribution < 1.29 is 19.0 Å². The molecule has 0 bridgehead atoms. The molecule has 128 valence electrons. The normalized spacial score (nSPS) is 20.9. The maximum Gasteiger partial charge on any atom is 0.407 e. The highest BCUT2D eigenvalue weighted by atomic mass is 16.6. The zero-order valence-electron chi connectivity index (χ0n) is 14.4. The first-order chi connectivity index (χ1) is 10.8. The second kappa shape index (κ2) is 7.08. The van der Waals surface area contributed by atoms with Crippen LogP contribution in [0.2, 0.25) is 0 Å². The Morgan fingerprint density at radius 1 is 1.13 bits per heavy atom. The third-order valence-corrected chi connectivity index (χ3v) is 3.72. The van der Waals surface area contributed by atoms with Crippen LogP contribution < -0.4 is 20.1 Å². The molecule has 2 N–H and O–H groups in total.